The van der Waals surface area contributed by atoms with E-state index in [1.54, 1.807) is 31.2 Å². The molecule has 5 nitrogen and oxygen atoms in total. The number of para-hydroxylation sites is 1. The van der Waals surface area contributed by atoms with Gasteiger partial charge in [0.2, 0.25) is 5.91 Å². The first-order valence-corrected chi connectivity index (χ1v) is 6.44. The Morgan fingerprint density at radius 1 is 1.33 bits per heavy atom. The van der Waals surface area contributed by atoms with E-state index in [0.29, 0.717) is 5.69 Å². The van der Waals surface area contributed by atoms with Gasteiger partial charge < -0.3 is 22.4 Å². The molecule has 112 valence electrons. The van der Waals surface area contributed by atoms with Crippen molar-refractivity contribution in [1.82, 2.24) is 0 Å². The summed E-state index contributed by atoms with van der Waals surface area (Å²) in [7, 11) is 0. The molecular formula is C15H18N2O3W. The molecule has 0 fully saturated rings. The maximum atomic E-state index is 12.1. The van der Waals surface area contributed by atoms with Crippen molar-refractivity contribution < 1.29 is 35.4 Å². The third-order valence-corrected chi connectivity index (χ3v) is 2.69. The SMILES string of the molecule is [CH2-]CC(=[N-])C(CC(=O)OCC)C(=O)Nc1ccccc1.[W+2]. The maximum absolute atomic E-state index is 12.1. The Morgan fingerprint density at radius 3 is 2.48 bits per heavy atom. The van der Waals surface area contributed by atoms with Crippen molar-refractivity contribution in [1.29, 1.82) is 0 Å². The second-order valence-corrected chi connectivity index (χ2v) is 4.16. The molecule has 6 heteroatoms. The number of rotatable bonds is 7. The van der Waals surface area contributed by atoms with E-state index in [4.69, 9.17) is 4.74 Å². The molecule has 0 saturated carbocycles. The fraction of sp³-hybridized carbons (Fsp3) is 0.333. The van der Waals surface area contributed by atoms with E-state index in [0.717, 1.165) is 0 Å². The maximum Gasteiger partial charge on any atom is 2.00 e. The summed E-state index contributed by atoms with van der Waals surface area (Å²) in [6, 6.07) is 8.83. The van der Waals surface area contributed by atoms with Gasteiger partial charge in [0.05, 0.1) is 13.0 Å². The Morgan fingerprint density at radius 2 is 1.95 bits per heavy atom. The van der Waals surface area contributed by atoms with Gasteiger partial charge >= 0.3 is 27.0 Å². The van der Waals surface area contributed by atoms with Crippen LogP contribution >= 0.6 is 0 Å². The number of benzene rings is 1. The third-order valence-electron chi connectivity index (χ3n) is 2.69. The molecule has 1 rings (SSSR count). The van der Waals surface area contributed by atoms with E-state index in [9.17, 15) is 15.0 Å². The van der Waals surface area contributed by atoms with Crippen molar-refractivity contribution in [2.45, 2.75) is 19.8 Å². The molecule has 0 radical (unpaired) electrons. The Bertz CT molecular complexity index is 477. The molecule has 0 heterocycles. The molecule has 1 aromatic carbocycles. The van der Waals surface area contributed by atoms with E-state index < -0.39 is 17.8 Å². The minimum absolute atomic E-state index is 0. The van der Waals surface area contributed by atoms with E-state index >= 15 is 0 Å². The molecule has 1 amide bonds. The zero-order chi connectivity index (χ0) is 15.0. The Balaban J connectivity index is 0.00000400. The minimum atomic E-state index is -0.952. The van der Waals surface area contributed by atoms with Gasteiger partial charge in [-0.15, -0.1) is 0 Å². The number of esters is 1. The Kier molecular flexibility index (Phi) is 9.55. The van der Waals surface area contributed by atoms with Gasteiger partial charge in [-0.05, 0) is 19.1 Å². The van der Waals surface area contributed by atoms with Gasteiger partial charge in [0.25, 0.3) is 0 Å². The predicted molar refractivity (Wildman–Crippen MR) is 78.2 cm³/mol. The molecule has 0 aromatic heterocycles. The molecule has 0 aliphatic carbocycles. The fourth-order valence-electron chi connectivity index (χ4n) is 1.67. The number of hydrogen-bond acceptors (Lipinski definition) is 3. The fourth-order valence-corrected chi connectivity index (χ4v) is 1.67. The number of hydrogen-bond donors (Lipinski definition) is 1. The number of nitrogens with one attached hydrogen (secondary N) is 1. The quantitative estimate of drug-likeness (QED) is 0.388. The smallest absolute Gasteiger partial charge is 0.813 e. The number of nitrogens with zero attached hydrogens (tertiary/aromatic N) is 1. The summed E-state index contributed by atoms with van der Waals surface area (Å²) in [6.45, 7) is 5.45. The molecule has 0 saturated heterocycles. The molecule has 1 aromatic rings. The van der Waals surface area contributed by atoms with Gasteiger partial charge in [0.15, 0.2) is 0 Å². The van der Waals surface area contributed by atoms with Crippen LogP contribution in [0.25, 0.3) is 5.41 Å². The van der Waals surface area contributed by atoms with Crippen LogP contribution in [0.2, 0.25) is 0 Å². The van der Waals surface area contributed by atoms with Crippen LogP contribution in [-0.4, -0.2) is 24.2 Å². The van der Waals surface area contributed by atoms with Crippen LogP contribution in [-0.2, 0) is 35.4 Å². The van der Waals surface area contributed by atoms with Crippen LogP contribution in [0.1, 0.15) is 19.8 Å². The van der Waals surface area contributed by atoms with Gasteiger partial charge in [-0.2, -0.15) is 6.42 Å². The number of carbonyl (C=O) groups is 2. The molecule has 0 spiro atoms. The molecule has 0 aliphatic rings. The predicted octanol–water partition coefficient (Wildman–Crippen LogP) is 2.43. The normalized spacial score (nSPS) is 11.0. The van der Waals surface area contributed by atoms with Crippen LogP contribution in [0.5, 0.6) is 0 Å². The van der Waals surface area contributed by atoms with Crippen molar-refractivity contribution in [3.05, 3.63) is 42.7 Å². The third kappa shape index (κ3) is 6.67. The first-order chi connectivity index (χ1) is 9.58. The van der Waals surface area contributed by atoms with Gasteiger partial charge in [-0.25, -0.2) is 5.71 Å². The average molecular weight is 458 g/mol. The summed E-state index contributed by atoms with van der Waals surface area (Å²) in [5.74, 6) is -1.93. The molecular weight excluding hydrogens is 440 g/mol. The standard InChI is InChI=1S/C15H18N2O3.W/c1-3-13(16)12(10-14(18)20-4-2)15(19)17-11-8-6-5-7-9-11;/h5-9,12H,1,3-4,10H2,2H3,(H,17,19);/q-2;+2. The first-order valence-electron chi connectivity index (χ1n) is 6.44. The van der Waals surface area contributed by atoms with Crippen LogP contribution in [0.3, 0.4) is 0 Å². The van der Waals surface area contributed by atoms with E-state index in [1.807, 2.05) is 6.07 Å². The summed E-state index contributed by atoms with van der Waals surface area (Å²) in [5, 5.41) is 12.4. The minimum Gasteiger partial charge on any atom is -0.813 e. The molecule has 1 atom stereocenters. The molecule has 1 unspecified atom stereocenters. The molecule has 21 heavy (non-hydrogen) atoms. The van der Waals surface area contributed by atoms with E-state index in [1.165, 1.54) is 0 Å². The average Bonchev–Trinajstić information content (AvgIpc) is 2.45. The molecule has 0 aliphatic heterocycles. The van der Waals surface area contributed by atoms with Crippen molar-refractivity contribution in [3.63, 3.8) is 0 Å². The van der Waals surface area contributed by atoms with Crippen molar-refractivity contribution in [3.8, 4) is 0 Å². The summed E-state index contributed by atoms with van der Waals surface area (Å²) < 4.78 is 4.80. The topological polar surface area (TPSA) is 77.7 Å². The summed E-state index contributed by atoms with van der Waals surface area (Å²) >= 11 is 0. The Labute approximate surface area is 139 Å². The number of ether oxygens (including phenoxy) is 1. The molecule has 1 N–H and O–H groups in total. The number of carbonyl (C=O) groups excluding carboxylic acids is 2. The van der Waals surface area contributed by atoms with Gasteiger partial charge in [0, 0.05) is 11.6 Å². The van der Waals surface area contributed by atoms with Gasteiger partial charge in [-0.3, -0.25) is 9.59 Å². The summed E-state index contributed by atoms with van der Waals surface area (Å²) in [5.41, 5.74) is 0.467. The van der Waals surface area contributed by atoms with Crippen LogP contribution in [0, 0.1) is 12.8 Å². The second-order valence-electron chi connectivity index (χ2n) is 4.16. The second kappa shape index (κ2) is 10.3. The van der Waals surface area contributed by atoms with E-state index in [-0.39, 0.29) is 46.2 Å². The number of amides is 1. The summed E-state index contributed by atoms with van der Waals surface area (Å²) in [4.78, 5) is 23.6. The molecule has 0 bridgehead atoms. The van der Waals surface area contributed by atoms with Crippen molar-refractivity contribution >= 4 is 23.3 Å². The summed E-state index contributed by atoms with van der Waals surface area (Å²) in [6.07, 6.45) is -0.139. The largest absolute Gasteiger partial charge is 2.00 e. The van der Waals surface area contributed by atoms with E-state index in [2.05, 4.69) is 12.2 Å². The van der Waals surface area contributed by atoms with Crippen molar-refractivity contribution in [2.75, 3.05) is 11.9 Å². The monoisotopic (exact) mass is 458 g/mol. The van der Waals surface area contributed by atoms with Crippen LogP contribution in [0.4, 0.5) is 5.69 Å². The van der Waals surface area contributed by atoms with Crippen LogP contribution < -0.4 is 5.32 Å². The van der Waals surface area contributed by atoms with Crippen molar-refractivity contribution in [2.24, 2.45) is 5.92 Å². The first kappa shape index (κ1) is 19.5. The van der Waals surface area contributed by atoms with Gasteiger partial charge in [0.1, 0.15) is 0 Å². The zero-order valence-corrected chi connectivity index (χ0v) is 14.8. The Hall–Kier alpha value is -1.48. The number of anilines is 1. The van der Waals surface area contributed by atoms with Crippen LogP contribution in [0.15, 0.2) is 30.3 Å². The van der Waals surface area contributed by atoms with Gasteiger partial charge in [-0.1, -0.05) is 18.2 Å². The zero-order valence-electron chi connectivity index (χ0n) is 11.9.